The molecule has 3 fully saturated rings. The molecule has 8 heterocycles. The molecule has 27 heteroatoms. The van der Waals surface area contributed by atoms with Crippen LogP contribution in [0.5, 0.6) is 0 Å². The number of ether oxygens (including phenoxy) is 2. The number of imide groups is 1. The summed E-state index contributed by atoms with van der Waals surface area (Å²) in [5.41, 5.74) is 6.56. The van der Waals surface area contributed by atoms with Gasteiger partial charge in [-0.2, -0.15) is 8.61 Å². The number of methoxy groups -OCH3 is 1. The van der Waals surface area contributed by atoms with E-state index in [1.807, 2.05) is 105 Å². The van der Waals surface area contributed by atoms with Crippen LogP contribution in [0.2, 0.25) is 5.02 Å². The highest BCUT2D eigenvalue weighted by molar-refractivity contribution is 9.10. The summed E-state index contributed by atoms with van der Waals surface area (Å²) >= 11 is 10.1. The Bertz CT molecular complexity index is 4020. The number of fused-ring (bicyclic) bond motifs is 2. The minimum atomic E-state index is -4.28. The number of imidazole rings is 2. The van der Waals surface area contributed by atoms with Gasteiger partial charge in [0.1, 0.15) is 12.4 Å². The standard InChI is InChI=1S/C62H69BrClN13O10S2/c1-6-50(43-11-13-45(63)14-12-43)55-57(80)74(48-28-39(3)26-46(64)30-48)60-67-35-53(76(55)60)88(82,83)72-18-15-49(16-19-72)87-24-17-41-25-38(2)27-47(29-41)75-58(86-5)62(4,32-40-7-9-42(10-8-40)44-33-65-37-66-34-44)77-54(36-68-61(75)77)89(84,85)73-22-20-71(21-23-73)56(79)51-31-52(78)70-59(81)69-51/h7-14,25-30,33-37,49-51,55,57-58,80H,6,15-24,31-32H2,1-5H3,(H2,69,70,78,81)/t50?,51-,55+,57?,58?,62+/m0/s1. The van der Waals surface area contributed by atoms with Crippen LogP contribution >= 0.6 is 27.5 Å². The second-order valence-electron chi connectivity index (χ2n) is 23.6. The van der Waals surface area contributed by atoms with Gasteiger partial charge < -0.3 is 24.8 Å². The summed E-state index contributed by atoms with van der Waals surface area (Å²) < 4.78 is 80.2. The highest BCUT2D eigenvalue weighted by atomic mass is 79.9. The number of sulfonamides is 2. The van der Waals surface area contributed by atoms with Crippen molar-refractivity contribution in [2.45, 2.75) is 118 Å². The summed E-state index contributed by atoms with van der Waals surface area (Å²) in [6.07, 6.45) is 7.64. The second-order valence-corrected chi connectivity index (χ2v) is 28.7. The van der Waals surface area contributed by atoms with E-state index in [1.54, 1.807) is 39.6 Å². The fourth-order valence-electron chi connectivity index (χ4n) is 13.5. The quantitative estimate of drug-likeness (QED) is 0.0743. The molecule has 0 saturated carbocycles. The number of hydrogen-bond acceptors (Lipinski definition) is 16. The van der Waals surface area contributed by atoms with Crippen molar-refractivity contribution in [1.82, 2.24) is 53.2 Å². The first-order valence-electron chi connectivity index (χ1n) is 29.6. The molecule has 468 valence electrons. The fraction of sp³-hybridized carbons (Fsp3) is 0.403. The van der Waals surface area contributed by atoms with E-state index in [0.717, 1.165) is 43.4 Å². The van der Waals surface area contributed by atoms with Crippen LogP contribution in [0, 0.1) is 13.8 Å². The molecule has 6 atom stereocenters. The van der Waals surface area contributed by atoms with Crippen molar-refractivity contribution in [1.29, 1.82) is 0 Å². The number of urea groups is 1. The van der Waals surface area contributed by atoms with Gasteiger partial charge in [0.2, 0.25) is 23.7 Å². The van der Waals surface area contributed by atoms with Crippen LogP contribution in [-0.2, 0) is 57.5 Å². The fourth-order valence-corrected chi connectivity index (χ4v) is 17.2. The van der Waals surface area contributed by atoms with Crippen LogP contribution in [0.15, 0.2) is 131 Å². The summed E-state index contributed by atoms with van der Waals surface area (Å²) in [5, 5.41) is 17.4. The maximum Gasteiger partial charge on any atom is 0.322 e. The van der Waals surface area contributed by atoms with Crippen molar-refractivity contribution in [2.75, 3.05) is 62.8 Å². The zero-order valence-electron chi connectivity index (χ0n) is 49.7. The minimum absolute atomic E-state index is 0.00156. The molecule has 89 heavy (non-hydrogen) atoms. The third kappa shape index (κ3) is 11.9. The van der Waals surface area contributed by atoms with Crippen molar-refractivity contribution in [3.63, 3.8) is 0 Å². The van der Waals surface area contributed by atoms with E-state index in [9.17, 15) is 27.9 Å². The summed E-state index contributed by atoms with van der Waals surface area (Å²) in [7, 11) is -6.83. The van der Waals surface area contributed by atoms with Gasteiger partial charge in [-0.3, -0.25) is 33.8 Å². The third-order valence-corrected chi connectivity index (χ3v) is 22.2. The molecule has 4 aromatic carbocycles. The number of carbonyl (C=O) groups is 3. The predicted molar refractivity (Wildman–Crippen MR) is 336 cm³/mol. The Morgan fingerprint density at radius 2 is 1.43 bits per heavy atom. The molecule has 3 unspecified atom stereocenters. The molecule has 3 saturated heterocycles. The maximum absolute atomic E-state index is 15.1. The number of amides is 4. The van der Waals surface area contributed by atoms with E-state index in [0.29, 0.717) is 67.0 Å². The lowest BCUT2D eigenvalue weighted by atomic mass is 9.88. The van der Waals surface area contributed by atoms with Crippen LogP contribution in [0.25, 0.3) is 11.1 Å². The van der Waals surface area contributed by atoms with Crippen molar-refractivity contribution in [3.8, 4) is 11.1 Å². The average molecular weight is 1340 g/mol. The Kier molecular flexibility index (Phi) is 17.4. The van der Waals surface area contributed by atoms with Crippen LogP contribution in [-0.4, -0.2) is 160 Å². The summed E-state index contributed by atoms with van der Waals surface area (Å²) in [4.78, 5) is 60.6. The predicted octanol–water partition coefficient (Wildman–Crippen LogP) is 7.70. The zero-order valence-corrected chi connectivity index (χ0v) is 53.7. The van der Waals surface area contributed by atoms with Crippen LogP contribution in [0.3, 0.4) is 0 Å². The molecule has 0 radical (unpaired) electrons. The molecular formula is C62H69BrClN13O10S2. The van der Waals surface area contributed by atoms with E-state index < -0.39 is 68.0 Å². The van der Waals surface area contributed by atoms with Gasteiger partial charge in [0.05, 0.1) is 43.1 Å². The molecule has 0 aliphatic carbocycles. The Morgan fingerprint density at radius 1 is 0.787 bits per heavy atom. The lowest BCUT2D eigenvalue weighted by molar-refractivity contribution is -0.137. The van der Waals surface area contributed by atoms with Gasteiger partial charge in [-0.15, -0.1) is 0 Å². The highest BCUT2D eigenvalue weighted by Crippen LogP contribution is 2.50. The molecule has 0 bridgehead atoms. The van der Waals surface area contributed by atoms with Crippen LogP contribution in [0.1, 0.15) is 79.3 Å². The van der Waals surface area contributed by atoms with Gasteiger partial charge in [-0.05, 0) is 122 Å². The van der Waals surface area contributed by atoms with E-state index in [1.165, 1.54) is 32.2 Å². The molecule has 4 amide bonds. The molecule has 5 aliphatic heterocycles. The average Bonchev–Trinajstić information content (AvgIpc) is 1.61. The Hall–Kier alpha value is -7.14. The van der Waals surface area contributed by atoms with E-state index in [2.05, 4.69) is 42.6 Å². The van der Waals surface area contributed by atoms with Crippen molar-refractivity contribution in [2.24, 2.45) is 0 Å². The lowest BCUT2D eigenvalue weighted by Gasteiger charge is -2.38. The van der Waals surface area contributed by atoms with Gasteiger partial charge in [-0.25, -0.2) is 41.6 Å². The number of benzene rings is 4. The lowest BCUT2D eigenvalue weighted by Crippen LogP contribution is -2.60. The van der Waals surface area contributed by atoms with Crippen molar-refractivity contribution >= 4 is 88.7 Å². The first-order chi connectivity index (χ1) is 42.7. The molecule has 12 rings (SSSR count). The number of nitrogens with one attached hydrogen (secondary N) is 2. The smallest absolute Gasteiger partial charge is 0.322 e. The number of aliphatic hydroxyl groups is 1. The molecule has 3 N–H and O–H groups in total. The number of anilines is 4. The normalized spacial score (nSPS) is 22.3. The topological polar surface area (TPSA) is 260 Å². The van der Waals surface area contributed by atoms with Gasteiger partial charge in [0.15, 0.2) is 22.5 Å². The van der Waals surface area contributed by atoms with Gasteiger partial charge >= 0.3 is 6.03 Å². The maximum atomic E-state index is 15.1. The molecule has 3 aromatic heterocycles. The van der Waals surface area contributed by atoms with E-state index >= 15 is 8.42 Å². The molecular weight excluding hydrogens is 1270 g/mol. The molecule has 0 spiro atoms. The monoisotopic (exact) mass is 1330 g/mol. The summed E-state index contributed by atoms with van der Waals surface area (Å²) in [6.45, 7) is 8.62. The number of hydrogen-bond donors (Lipinski definition) is 3. The number of nitrogens with zero attached hydrogens (tertiary/aromatic N) is 11. The first-order valence-corrected chi connectivity index (χ1v) is 33.6. The minimum Gasteiger partial charge on any atom is -0.378 e. The van der Waals surface area contributed by atoms with Gasteiger partial charge in [0, 0.05) is 97.5 Å². The SMILES string of the molecule is CCC(c1ccc(Br)cc1)[C@@H]1C(O)N(c2cc(C)cc(Cl)c2)c2ncc(S(=O)(=O)N3CCC(OCCc4cc(C)cc(N5c6ncc(S(=O)(=O)N7CCN(C(=O)[C@@H]8CC(=O)NC(=O)N8)CC7)n6[C@](C)(Cc6ccc(-c7cncnc7)cc6)C5OC)c4)CC3)n21. The Morgan fingerprint density at radius 3 is 2.09 bits per heavy atom. The highest BCUT2D eigenvalue weighted by Gasteiger charge is 2.54. The number of carbonyl (C=O) groups excluding carboxylic acids is 3. The number of halogens is 2. The number of aryl methyl sites for hydroxylation is 2. The summed E-state index contributed by atoms with van der Waals surface area (Å²) in [5.74, 6) is -0.663. The van der Waals surface area contributed by atoms with Crippen molar-refractivity contribution in [3.05, 3.63) is 153 Å². The molecule has 23 nitrogen and oxygen atoms in total. The number of piperazine rings is 1. The van der Waals surface area contributed by atoms with Crippen molar-refractivity contribution < 1.29 is 45.8 Å². The third-order valence-electron chi connectivity index (χ3n) is 17.7. The molecule has 7 aromatic rings. The summed E-state index contributed by atoms with van der Waals surface area (Å²) in [6, 6.07) is 24.9. The Labute approximate surface area is 530 Å². The van der Waals surface area contributed by atoms with E-state index in [-0.39, 0.29) is 67.8 Å². The number of aromatic nitrogens is 6. The van der Waals surface area contributed by atoms with Crippen LogP contribution < -0.4 is 20.4 Å². The Balaban J connectivity index is 0.765. The number of piperidine rings is 1. The molecule has 5 aliphatic rings. The largest absolute Gasteiger partial charge is 0.378 e. The zero-order chi connectivity index (χ0) is 62.7. The van der Waals surface area contributed by atoms with Gasteiger partial charge in [0.25, 0.3) is 20.0 Å². The van der Waals surface area contributed by atoms with Crippen LogP contribution in [0.4, 0.5) is 28.1 Å². The van der Waals surface area contributed by atoms with Gasteiger partial charge in [-0.1, -0.05) is 76.9 Å². The first kappa shape index (κ1) is 62.1. The number of rotatable bonds is 18. The van der Waals surface area contributed by atoms with E-state index in [4.69, 9.17) is 31.0 Å². The second kappa shape index (κ2) is 24.9. The number of aliphatic hydroxyl groups excluding tert-OH is 1.